The van der Waals surface area contributed by atoms with E-state index in [0.29, 0.717) is 0 Å². The third-order valence-corrected chi connectivity index (χ3v) is 10.6. The fourth-order valence-corrected chi connectivity index (χ4v) is 8.14. The van der Waals surface area contributed by atoms with Crippen LogP contribution in [0.2, 0.25) is 0 Å². The number of hydrogen-bond acceptors (Lipinski definition) is 4. The Bertz CT molecular complexity index is 2530. The fourth-order valence-electron chi connectivity index (χ4n) is 7.22. The summed E-state index contributed by atoms with van der Waals surface area (Å²) < 4.78 is 1.25. The lowest BCUT2D eigenvalue weighted by Gasteiger charge is -2.30. The molecule has 54 heavy (non-hydrogen) atoms. The van der Waals surface area contributed by atoms with Crippen molar-refractivity contribution in [2.75, 3.05) is 15.1 Å². The third-order valence-electron chi connectivity index (χ3n) is 9.67. The molecule has 0 aliphatic carbocycles. The standard InChI is InChI=1S/C50H37N3S/c1-6-19-37(20-7-1)45-30-18-31-46(38-21-8-2-9-22-38)50(45)51-39-33-43(52(40-23-10-3-11-24-40)41-25-12-4-13-26-41)35-44(34-39)53(42-27-14-5-15-28-42)48-36-54-49-32-17-16-29-47(48)49/h1-36,51H. The van der Waals surface area contributed by atoms with E-state index in [0.717, 1.165) is 67.8 Å². The van der Waals surface area contributed by atoms with Crippen LogP contribution in [0.1, 0.15) is 0 Å². The van der Waals surface area contributed by atoms with Crippen molar-refractivity contribution in [2.24, 2.45) is 0 Å². The molecule has 4 heteroatoms. The van der Waals surface area contributed by atoms with Gasteiger partial charge < -0.3 is 15.1 Å². The molecule has 0 saturated carbocycles. The van der Waals surface area contributed by atoms with Crippen molar-refractivity contribution in [1.82, 2.24) is 0 Å². The van der Waals surface area contributed by atoms with Crippen LogP contribution in [-0.2, 0) is 0 Å². The molecule has 0 saturated heterocycles. The maximum Gasteiger partial charge on any atom is 0.0647 e. The molecule has 0 unspecified atom stereocenters. The molecule has 1 N–H and O–H groups in total. The molecule has 0 aliphatic rings. The van der Waals surface area contributed by atoms with E-state index in [-0.39, 0.29) is 0 Å². The van der Waals surface area contributed by atoms with Gasteiger partial charge in [0.1, 0.15) is 0 Å². The highest BCUT2D eigenvalue weighted by atomic mass is 32.1. The van der Waals surface area contributed by atoms with Crippen LogP contribution >= 0.6 is 11.3 Å². The third kappa shape index (κ3) is 6.63. The summed E-state index contributed by atoms with van der Waals surface area (Å²) in [6.07, 6.45) is 0. The van der Waals surface area contributed by atoms with E-state index in [9.17, 15) is 0 Å². The first-order valence-electron chi connectivity index (χ1n) is 18.2. The number of fused-ring (bicyclic) bond motifs is 1. The zero-order chi connectivity index (χ0) is 36.1. The average molecular weight is 712 g/mol. The first-order chi connectivity index (χ1) is 26.8. The van der Waals surface area contributed by atoms with Crippen LogP contribution in [0.25, 0.3) is 32.3 Å². The lowest BCUT2D eigenvalue weighted by Crippen LogP contribution is -2.13. The predicted octanol–water partition coefficient (Wildman–Crippen LogP) is 14.9. The number of nitrogens with one attached hydrogen (secondary N) is 1. The summed E-state index contributed by atoms with van der Waals surface area (Å²) in [6.45, 7) is 0. The van der Waals surface area contributed by atoms with Gasteiger partial charge in [-0.05, 0) is 71.8 Å². The normalized spacial score (nSPS) is 11.0. The van der Waals surface area contributed by atoms with Gasteiger partial charge in [0.2, 0.25) is 0 Å². The zero-order valence-corrected chi connectivity index (χ0v) is 30.4. The lowest BCUT2D eigenvalue weighted by molar-refractivity contribution is 1.26. The van der Waals surface area contributed by atoms with Gasteiger partial charge in [0, 0.05) is 49.3 Å². The van der Waals surface area contributed by atoms with Crippen LogP contribution < -0.4 is 15.1 Å². The molecule has 0 radical (unpaired) electrons. The summed E-state index contributed by atoms with van der Waals surface area (Å²) in [5.41, 5.74) is 13.1. The highest BCUT2D eigenvalue weighted by Gasteiger charge is 2.22. The Morgan fingerprint density at radius 1 is 0.370 bits per heavy atom. The molecule has 9 rings (SSSR count). The Balaban J connectivity index is 1.31. The van der Waals surface area contributed by atoms with Gasteiger partial charge in [0.25, 0.3) is 0 Å². The highest BCUT2D eigenvalue weighted by molar-refractivity contribution is 7.17. The number of thiophene rings is 1. The summed E-state index contributed by atoms with van der Waals surface area (Å²) in [5, 5.41) is 7.51. The van der Waals surface area contributed by atoms with Crippen LogP contribution in [0, 0.1) is 0 Å². The van der Waals surface area contributed by atoms with Crippen molar-refractivity contribution in [3.63, 3.8) is 0 Å². The minimum atomic E-state index is 0.973. The van der Waals surface area contributed by atoms with Crippen LogP contribution in [0.5, 0.6) is 0 Å². The van der Waals surface area contributed by atoms with E-state index in [1.54, 1.807) is 11.3 Å². The summed E-state index contributed by atoms with van der Waals surface area (Å²) in [4.78, 5) is 4.73. The molecule has 1 heterocycles. The van der Waals surface area contributed by atoms with Gasteiger partial charge in [-0.2, -0.15) is 0 Å². The van der Waals surface area contributed by atoms with Crippen molar-refractivity contribution in [3.8, 4) is 22.3 Å². The number of hydrogen-bond donors (Lipinski definition) is 1. The molecule has 0 bridgehead atoms. The number of rotatable bonds is 10. The molecule has 3 nitrogen and oxygen atoms in total. The van der Waals surface area contributed by atoms with Gasteiger partial charge in [-0.25, -0.2) is 0 Å². The van der Waals surface area contributed by atoms with Crippen molar-refractivity contribution in [1.29, 1.82) is 0 Å². The van der Waals surface area contributed by atoms with Crippen molar-refractivity contribution < 1.29 is 0 Å². The molecular weight excluding hydrogens is 675 g/mol. The van der Waals surface area contributed by atoms with Crippen molar-refractivity contribution >= 4 is 66.9 Å². The molecule has 0 fully saturated rings. The van der Waals surface area contributed by atoms with Crippen LogP contribution in [-0.4, -0.2) is 0 Å². The van der Waals surface area contributed by atoms with Gasteiger partial charge in [0.15, 0.2) is 0 Å². The lowest BCUT2D eigenvalue weighted by atomic mass is 9.95. The topological polar surface area (TPSA) is 18.5 Å². The maximum absolute atomic E-state index is 4.01. The van der Waals surface area contributed by atoms with Crippen LogP contribution in [0.4, 0.5) is 45.5 Å². The molecule has 9 aromatic rings. The fraction of sp³-hybridized carbons (Fsp3) is 0. The highest BCUT2D eigenvalue weighted by Crippen LogP contribution is 2.47. The molecule has 0 atom stereocenters. The van der Waals surface area contributed by atoms with E-state index in [1.165, 1.54) is 10.1 Å². The Hall–Kier alpha value is -6.88. The summed E-state index contributed by atoms with van der Waals surface area (Å²) in [5.74, 6) is 0. The SMILES string of the molecule is c1ccc(-c2cccc(-c3ccccc3)c2Nc2cc(N(c3ccccc3)c3ccccc3)cc(N(c3ccccc3)c3csc4ccccc34)c2)cc1. The van der Waals surface area contributed by atoms with E-state index in [2.05, 4.69) is 233 Å². The second-order valence-electron chi connectivity index (χ2n) is 13.1. The Morgan fingerprint density at radius 2 is 0.815 bits per heavy atom. The van der Waals surface area contributed by atoms with Crippen LogP contribution in [0.3, 0.4) is 0 Å². The van der Waals surface area contributed by atoms with Crippen molar-refractivity contribution in [2.45, 2.75) is 0 Å². The minimum absolute atomic E-state index is 0.973. The maximum atomic E-state index is 4.01. The Morgan fingerprint density at radius 3 is 1.35 bits per heavy atom. The average Bonchev–Trinajstić information content (AvgIpc) is 3.66. The Labute approximate surface area is 320 Å². The number of nitrogens with zero attached hydrogens (tertiary/aromatic N) is 2. The van der Waals surface area contributed by atoms with Gasteiger partial charge in [-0.3, -0.25) is 0 Å². The number of para-hydroxylation sites is 4. The first-order valence-corrected chi connectivity index (χ1v) is 19.1. The molecule has 0 aliphatic heterocycles. The quantitative estimate of drug-likeness (QED) is 0.152. The summed E-state index contributed by atoms with van der Waals surface area (Å²) in [7, 11) is 0. The van der Waals surface area contributed by atoms with E-state index >= 15 is 0 Å². The van der Waals surface area contributed by atoms with E-state index in [4.69, 9.17) is 0 Å². The second-order valence-corrected chi connectivity index (χ2v) is 14.0. The second kappa shape index (κ2) is 15.0. The molecule has 258 valence electrons. The van der Waals surface area contributed by atoms with Gasteiger partial charge >= 0.3 is 0 Å². The summed E-state index contributed by atoms with van der Waals surface area (Å²) in [6, 6.07) is 75.3. The predicted molar refractivity (Wildman–Crippen MR) is 232 cm³/mol. The van der Waals surface area contributed by atoms with Gasteiger partial charge in [-0.15, -0.1) is 11.3 Å². The largest absolute Gasteiger partial charge is 0.354 e. The number of anilines is 8. The van der Waals surface area contributed by atoms with E-state index in [1.807, 2.05) is 0 Å². The van der Waals surface area contributed by atoms with Gasteiger partial charge in [0.05, 0.1) is 22.7 Å². The zero-order valence-electron chi connectivity index (χ0n) is 29.6. The monoisotopic (exact) mass is 711 g/mol. The Kier molecular flexibility index (Phi) is 9.16. The molecule has 0 amide bonds. The number of benzene rings is 8. The van der Waals surface area contributed by atoms with Crippen molar-refractivity contribution in [3.05, 3.63) is 218 Å². The first kappa shape index (κ1) is 33.0. The molecule has 1 aromatic heterocycles. The van der Waals surface area contributed by atoms with Crippen LogP contribution in [0.15, 0.2) is 218 Å². The molecule has 8 aromatic carbocycles. The molecular formula is C50H37N3S. The molecule has 0 spiro atoms. The minimum Gasteiger partial charge on any atom is -0.354 e. The van der Waals surface area contributed by atoms with Gasteiger partial charge in [-0.1, -0.05) is 152 Å². The van der Waals surface area contributed by atoms with E-state index < -0.39 is 0 Å². The smallest absolute Gasteiger partial charge is 0.0647 e. The summed E-state index contributed by atoms with van der Waals surface area (Å²) >= 11 is 1.77.